The van der Waals surface area contributed by atoms with Gasteiger partial charge in [-0.25, -0.2) is 13.1 Å². The summed E-state index contributed by atoms with van der Waals surface area (Å²) in [4.78, 5) is 12.6. The van der Waals surface area contributed by atoms with E-state index in [1.165, 1.54) is 19.2 Å². The van der Waals surface area contributed by atoms with Gasteiger partial charge in [0.2, 0.25) is 10.0 Å². The summed E-state index contributed by atoms with van der Waals surface area (Å²) >= 11 is 0. The van der Waals surface area contributed by atoms with Gasteiger partial charge in [-0.3, -0.25) is 4.79 Å². The van der Waals surface area contributed by atoms with Crippen molar-refractivity contribution in [1.29, 1.82) is 0 Å². The van der Waals surface area contributed by atoms with E-state index in [2.05, 4.69) is 10.0 Å². The second kappa shape index (κ2) is 6.52. The Hall–Kier alpha value is -2.18. The number of rotatable bonds is 4. The van der Waals surface area contributed by atoms with Crippen LogP contribution in [0.2, 0.25) is 0 Å². The fourth-order valence-corrected chi connectivity index (χ4v) is 2.95. The molecule has 0 bridgehead atoms. The molecule has 2 aromatic carbocycles. The van der Waals surface area contributed by atoms with Crippen molar-refractivity contribution in [2.45, 2.75) is 25.7 Å². The maximum absolute atomic E-state index is 12.5. The Labute approximate surface area is 136 Å². The lowest BCUT2D eigenvalue weighted by Crippen LogP contribution is -2.20. The monoisotopic (exact) mass is 332 g/mol. The van der Waals surface area contributed by atoms with E-state index in [-0.39, 0.29) is 10.8 Å². The molecule has 122 valence electrons. The first-order chi connectivity index (χ1) is 10.7. The quantitative estimate of drug-likeness (QED) is 0.904. The number of anilines is 1. The van der Waals surface area contributed by atoms with Gasteiger partial charge in [0.05, 0.1) is 4.90 Å². The normalized spacial score (nSPS) is 11.3. The lowest BCUT2D eigenvalue weighted by atomic mass is 10.1. The van der Waals surface area contributed by atoms with Crippen molar-refractivity contribution in [2.75, 3.05) is 12.4 Å². The number of nitrogens with one attached hydrogen (secondary N) is 2. The Morgan fingerprint density at radius 3 is 2.26 bits per heavy atom. The molecule has 23 heavy (non-hydrogen) atoms. The van der Waals surface area contributed by atoms with Gasteiger partial charge in [0.15, 0.2) is 0 Å². The van der Waals surface area contributed by atoms with Gasteiger partial charge in [-0.15, -0.1) is 0 Å². The second-order valence-electron chi connectivity index (χ2n) is 5.46. The standard InChI is InChI=1S/C17H20N2O3S/c1-11-5-6-13(3)16(9-11)19-17(20)15-10-14(8-7-12(15)2)23(21,22)18-4/h5-10,18H,1-4H3,(H,19,20). The van der Waals surface area contributed by atoms with E-state index in [1.807, 2.05) is 32.0 Å². The zero-order valence-corrected chi connectivity index (χ0v) is 14.4. The number of aryl methyl sites for hydroxylation is 3. The number of hydrogen-bond donors (Lipinski definition) is 2. The van der Waals surface area contributed by atoms with Gasteiger partial charge in [0.25, 0.3) is 5.91 Å². The molecule has 0 spiro atoms. The number of carbonyl (C=O) groups excluding carboxylic acids is 1. The van der Waals surface area contributed by atoms with Gasteiger partial charge in [-0.05, 0) is 62.7 Å². The van der Waals surface area contributed by atoms with E-state index in [0.29, 0.717) is 11.1 Å². The summed E-state index contributed by atoms with van der Waals surface area (Å²) in [6, 6.07) is 10.3. The number of carbonyl (C=O) groups is 1. The molecule has 2 aromatic rings. The molecule has 2 rings (SSSR count). The fourth-order valence-electron chi connectivity index (χ4n) is 2.19. The highest BCUT2D eigenvalue weighted by Crippen LogP contribution is 2.20. The second-order valence-corrected chi connectivity index (χ2v) is 7.34. The van der Waals surface area contributed by atoms with Crippen LogP contribution in [0.15, 0.2) is 41.3 Å². The van der Waals surface area contributed by atoms with Crippen molar-refractivity contribution in [3.8, 4) is 0 Å². The third-order valence-electron chi connectivity index (χ3n) is 3.67. The molecular weight excluding hydrogens is 312 g/mol. The molecule has 1 amide bonds. The van der Waals surface area contributed by atoms with Crippen LogP contribution in [0.3, 0.4) is 0 Å². The van der Waals surface area contributed by atoms with Crippen LogP contribution in [0.4, 0.5) is 5.69 Å². The Morgan fingerprint density at radius 1 is 0.957 bits per heavy atom. The van der Waals surface area contributed by atoms with Gasteiger partial charge in [0.1, 0.15) is 0 Å². The number of hydrogen-bond acceptors (Lipinski definition) is 3. The van der Waals surface area contributed by atoms with Gasteiger partial charge in [0, 0.05) is 11.3 Å². The van der Waals surface area contributed by atoms with Crippen LogP contribution in [-0.4, -0.2) is 21.4 Å². The van der Waals surface area contributed by atoms with Gasteiger partial charge in [-0.2, -0.15) is 0 Å². The molecule has 0 aliphatic heterocycles. The Balaban J connectivity index is 2.39. The molecule has 6 heteroatoms. The summed E-state index contributed by atoms with van der Waals surface area (Å²) < 4.78 is 26.1. The number of sulfonamides is 1. The highest BCUT2D eigenvalue weighted by Gasteiger charge is 2.17. The van der Waals surface area contributed by atoms with E-state index in [0.717, 1.165) is 16.8 Å². The van der Waals surface area contributed by atoms with Crippen molar-refractivity contribution < 1.29 is 13.2 Å². The predicted molar refractivity (Wildman–Crippen MR) is 91.3 cm³/mol. The van der Waals surface area contributed by atoms with Crippen molar-refractivity contribution in [3.63, 3.8) is 0 Å². The molecule has 0 aromatic heterocycles. The molecule has 0 saturated carbocycles. The first-order valence-electron chi connectivity index (χ1n) is 7.17. The van der Waals surface area contributed by atoms with Crippen LogP contribution in [-0.2, 0) is 10.0 Å². The van der Waals surface area contributed by atoms with Crippen LogP contribution < -0.4 is 10.0 Å². The predicted octanol–water partition coefficient (Wildman–Crippen LogP) is 2.77. The van der Waals surface area contributed by atoms with Gasteiger partial charge in [-0.1, -0.05) is 18.2 Å². The maximum Gasteiger partial charge on any atom is 0.255 e. The zero-order valence-electron chi connectivity index (χ0n) is 13.6. The third-order valence-corrected chi connectivity index (χ3v) is 5.09. The topological polar surface area (TPSA) is 75.3 Å². The average molecular weight is 332 g/mol. The molecule has 0 atom stereocenters. The molecule has 2 N–H and O–H groups in total. The molecule has 0 radical (unpaired) electrons. The molecule has 0 saturated heterocycles. The molecule has 0 fully saturated rings. The van der Waals surface area contributed by atoms with Crippen LogP contribution in [0, 0.1) is 20.8 Å². The van der Waals surface area contributed by atoms with Gasteiger partial charge >= 0.3 is 0 Å². The Bertz CT molecular complexity index is 858. The molecule has 0 heterocycles. The van der Waals surface area contributed by atoms with Crippen molar-refractivity contribution in [2.24, 2.45) is 0 Å². The lowest BCUT2D eigenvalue weighted by Gasteiger charge is -2.12. The minimum absolute atomic E-state index is 0.0664. The zero-order chi connectivity index (χ0) is 17.2. The van der Waals surface area contributed by atoms with Crippen LogP contribution in [0.25, 0.3) is 0 Å². The molecular formula is C17H20N2O3S. The Morgan fingerprint density at radius 2 is 1.61 bits per heavy atom. The van der Waals surface area contributed by atoms with E-state index < -0.39 is 10.0 Å². The van der Waals surface area contributed by atoms with E-state index >= 15 is 0 Å². The number of benzene rings is 2. The van der Waals surface area contributed by atoms with Crippen molar-refractivity contribution in [3.05, 3.63) is 58.7 Å². The Kier molecular flexibility index (Phi) is 4.87. The highest BCUT2D eigenvalue weighted by molar-refractivity contribution is 7.89. The molecule has 0 aliphatic carbocycles. The summed E-state index contributed by atoms with van der Waals surface area (Å²) in [7, 11) is -2.25. The largest absolute Gasteiger partial charge is 0.322 e. The minimum atomic E-state index is -3.59. The fraction of sp³-hybridized carbons (Fsp3) is 0.235. The first-order valence-corrected chi connectivity index (χ1v) is 8.65. The van der Waals surface area contributed by atoms with E-state index in [1.54, 1.807) is 13.0 Å². The minimum Gasteiger partial charge on any atom is -0.322 e. The number of amides is 1. The van der Waals surface area contributed by atoms with Crippen LogP contribution in [0.5, 0.6) is 0 Å². The van der Waals surface area contributed by atoms with Crippen LogP contribution in [0.1, 0.15) is 27.0 Å². The summed E-state index contributed by atoms with van der Waals surface area (Å²) in [6.07, 6.45) is 0. The van der Waals surface area contributed by atoms with E-state index in [4.69, 9.17) is 0 Å². The average Bonchev–Trinajstić information content (AvgIpc) is 2.51. The summed E-state index contributed by atoms with van der Waals surface area (Å²) in [5.41, 5.74) is 3.75. The lowest BCUT2D eigenvalue weighted by molar-refractivity contribution is 0.102. The molecule has 0 aliphatic rings. The van der Waals surface area contributed by atoms with E-state index in [9.17, 15) is 13.2 Å². The van der Waals surface area contributed by atoms with Crippen LogP contribution >= 0.6 is 0 Å². The van der Waals surface area contributed by atoms with Gasteiger partial charge < -0.3 is 5.32 Å². The van der Waals surface area contributed by atoms with Crippen molar-refractivity contribution >= 4 is 21.6 Å². The molecule has 5 nitrogen and oxygen atoms in total. The summed E-state index contributed by atoms with van der Waals surface area (Å²) in [5.74, 6) is -0.329. The molecule has 0 unspecified atom stereocenters. The first kappa shape index (κ1) is 17.2. The summed E-state index contributed by atoms with van der Waals surface area (Å²) in [6.45, 7) is 5.62. The smallest absolute Gasteiger partial charge is 0.255 e. The highest BCUT2D eigenvalue weighted by atomic mass is 32.2. The SMILES string of the molecule is CNS(=O)(=O)c1ccc(C)c(C(=O)Nc2cc(C)ccc2C)c1. The maximum atomic E-state index is 12.5. The van der Waals surface area contributed by atoms with Crippen molar-refractivity contribution in [1.82, 2.24) is 4.72 Å². The third kappa shape index (κ3) is 3.78. The summed E-state index contributed by atoms with van der Waals surface area (Å²) in [5, 5.41) is 2.85.